The van der Waals surface area contributed by atoms with Crippen molar-refractivity contribution in [3.63, 3.8) is 0 Å². The normalized spacial score (nSPS) is 13.6. The Morgan fingerprint density at radius 2 is 1.03 bits per heavy atom. The molecule has 30 heavy (non-hydrogen) atoms. The van der Waals surface area contributed by atoms with Crippen LogP contribution in [0.1, 0.15) is 0 Å². The van der Waals surface area contributed by atoms with E-state index < -0.39 is 22.2 Å². The molecule has 4 nitrogen and oxygen atoms in total. The van der Waals surface area contributed by atoms with Crippen LogP contribution >= 0.6 is 31.9 Å². The lowest BCUT2D eigenvalue weighted by atomic mass is 9.93. The Hall–Kier alpha value is -1.42. The molecule has 8 heteroatoms. The fourth-order valence-electron chi connectivity index (χ4n) is 3.58. The van der Waals surface area contributed by atoms with Gasteiger partial charge >= 0.3 is 0 Å². The molecule has 4 rings (SSSR count). The number of halogens is 2. The molecular weight excluding hydrogens is 552 g/mol. The summed E-state index contributed by atoms with van der Waals surface area (Å²) in [6.45, 7) is 0. The highest BCUT2D eigenvalue weighted by Gasteiger charge is 2.26. The molecule has 0 saturated carbocycles. The van der Waals surface area contributed by atoms with Gasteiger partial charge in [-0.15, -0.1) is 0 Å². The minimum Gasteiger partial charge on any atom is -0.290 e. The second-order valence-electron chi connectivity index (χ2n) is 6.37. The summed E-state index contributed by atoms with van der Waals surface area (Å²) in [5.74, 6) is 0. The van der Waals surface area contributed by atoms with Gasteiger partial charge in [0.2, 0.25) is 0 Å². The Kier molecular flexibility index (Phi) is 6.53. The van der Waals surface area contributed by atoms with E-state index in [1.807, 2.05) is 60.7 Å². The monoisotopic (exact) mass is 566 g/mol. The second-order valence-corrected chi connectivity index (χ2v) is 10.5. The molecule has 0 aliphatic rings. The summed E-state index contributed by atoms with van der Waals surface area (Å²) in [4.78, 5) is 0.961. The van der Waals surface area contributed by atoms with Crippen LogP contribution in [0.3, 0.4) is 0 Å². The van der Waals surface area contributed by atoms with Crippen molar-refractivity contribution in [2.45, 2.75) is 9.79 Å². The zero-order valence-corrected chi connectivity index (χ0v) is 20.8. The van der Waals surface area contributed by atoms with Gasteiger partial charge in [0.05, 0.1) is 24.0 Å². The minimum absolute atomic E-state index is 0.480. The van der Waals surface area contributed by atoms with E-state index in [1.54, 1.807) is 0 Å². The number of fused-ring (bicyclic) bond motifs is 2. The third-order valence-corrected chi connectivity index (χ3v) is 8.69. The highest BCUT2D eigenvalue weighted by molar-refractivity contribution is 9.10. The molecule has 2 unspecified atom stereocenters. The number of hydrogen-bond donors (Lipinski definition) is 0. The summed E-state index contributed by atoms with van der Waals surface area (Å²) < 4.78 is 37.7. The topological polar surface area (TPSA) is 52.6 Å². The van der Waals surface area contributed by atoms with Crippen molar-refractivity contribution in [3.05, 3.63) is 69.6 Å². The molecule has 4 aromatic carbocycles. The third kappa shape index (κ3) is 3.70. The fraction of sp³-hybridized carbons (Fsp3) is 0.0909. The molecule has 0 bridgehead atoms. The molecule has 0 aliphatic heterocycles. The van der Waals surface area contributed by atoms with Crippen molar-refractivity contribution >= 4 is 75.6 Å². The first-order chi connectivity index (χ1) is 14.5. The molecule has 154 valence electrons. The van der Waals surface area contributed by atoms with Gasteiger partial charge in [0.25, 0.3) is 0 Å². The van der Waals surface area contributed by atoms with Gasteiger partial charge in [-0.1, -0.05) is 48.5 Å². The van der Waals surface area contributed by atoms with Crippen molar-refractivity contribution in [2.75, 3.05) is 14.2 Å². The van der Waals surface area contributed by atoms with Crippen molar-refractivity contribution in [3.8, 4) is 11.1 Å². The number of benzene rings is 4. The van der Waals surface area contributed by atoms with Crippen LogP contribution in [0.15, 0.2) is 79.4 Å². The Balaban J connectivity index is 2.32. The average molecular weight is 568 g/mol. The lowest BCUT2D eigenvalue weighted by Gasteiger charge is -2.20. The van der Waals surface area contributed by atoms with Crippen LogP contribution in [0.5, 0.6) is 0 Å². The first-order valence-corrected chi connectivity index (χ1v) is 12.6. The Morgan fingerprint density at radius 1 is 0.667 bits per heavy atom. The quantitative estimate of drug-likeness (QED) is 0.275. The summed E-state index contributed by atoms with van der Waals surface area (Å²) in [5.41, 5.74) is 1.39. The Labute approximate surface area is 196 Å². The third-order valence-electron chi connectivity index (χ3n) is 4.80. The second kappa shape index (κ2) is 8.98. The Morgan fingerprint density at radius 3 is 1.40 bits per heavy atom. The SMILES string of the molecule is COS(=O)c1c(Br)cc2ccccc2c1-c1c(S(=O)OC)c(Br)cc2ccccc12. The molecule has 0 aliphatic carbocycles. The van der Waals surface area contributed by atoms with E-state index >= 15 is 0 Å². The Bertz CT molecular complexity index is 1230. The molecule has 0 saturated heterocycles. The van der Waals surface area contributed by atoms with Gasteiger partial charge in [-0.3, -0.25) is 8.37 Å². The highest BCUT2D eigenvalue weighted by atomic mass is 79.9. The molecular formula is C22H16Br2O4S2. The van der Waals surface area contributed by atoms with E-state index in [0.29, 0.717) is 29.9 Å². The van der Waals surface area contributed by atoms with E-state index in [4.69, 9.17) is 8.37 Å². The van der Waals surface area contributed by atoms with Crippen LogP contribution in [0.2, 0.25) is 0 Å². The molecule has 0 aromatic heterocycles. The summed E-state index contributed by atoms with van der Waals surface area (Å²) in [6, 6.07) is 19.4. The van der Waals surface area contributed by atoms with E-state index in [1.165, 1.54) is 14.2 Å². The predicted molar refractivity (Wildman–Crippen MR) is 129 cm³/mol. The van der Waals surface area contributed by atoms with Gasteiger partial charge in [-0.05, 0) is 65.5 Å². The standard InChI is InChI=1S/C22H16Br2O4S2/c1-27-29(25)21-17(23)11-13-7-3-5-9-15(13)19(21)20-16-10-6-4-8-14(16)12-18(24)22(20)30(26)28-2/h3-12H,1-2H3. The zero-order valence-electron chi connectivity index (χ0n) is 16.0. The van der Waals surface area contributed by atoms with E-state index in [2.05, 4.69) is 31.9 Å². The maximum atomic E-state index is 13.0. The van der Waals surface area contributed by atoms with Crippen molar-refractivity contribution in [1.82, 2.24) is 0 Å². The van der Waals surface area contributed by atoms with E-state index in [-0.39, 0.29) is 0 Å². The molecule has 0 heterocycles. The predicted octanol–water partition coefficient (Wildman–Crippen LogP) is 6.52. The van der Waals surface area contributed by atoms with Gasteiger partial charge in [-0.2, -0.15) is 0 Å². The molecule has 0 amide bonds. The lowest BCUT2D eigenvalue weighted by molar-refractivity contribution is 0.444. The van der Waals surface area contributed by atoms with Crippen molar-refractivity contribution < 1.29 is 16.8 Å². The lowest BCUT2D eigenvalue weighted by Crippen LogP contribution is -2.04. The average Bonchev–Trinajstić information content (AvgIpc) is 2.76. The highest BCUT2D eigenvalue weighted by Crippen LogP contribution is 2.46. The number of hydrogen-bond acceptors (Lipinski definition) is 4. The largest absolute Gasteiger partial charge is 0.290 e. The minimum atomic E-state index is -1.74. The first kappa shape index (κ1) is 21.8. The number of rotatable bonds is 5. The molecule has 0 N–H and O–H groups in total. The van der Waals surface area contributed by atoms with Crippen LogP contribution in [-0.2, 0) is 30.5 Å². The van der Waals surface area contributed by atoms with Crippen molar-refractivity contribution in [2.24, 2.45) is 0 Å². The summed E-state index contributed by atoms with van der Waals surface area (Å²) in [7, 11) is 2.80. The zero-order chi connectivity index (χ0) is 21.4. The van der Waals surface area contributed by atoms with Crippen LogP contribution in [0.4, 0.5) is 0 Å². The van der Waals surface area contributed by atoms with E-state index in [9.17, 15) is 8.42 Å². The van der Waals surface area contributed by atoms with Gasteiger partial charge in [0, 0.05) is 20.1 Å². The van der Waals surface area contributed by atoms with Gasteiger partial charge in [0.15, 0.2) is 22.2 Å². The maximum absolute atomic E-state index is 13.0. The molecule has 0 fully saturated rings. The maximum Gasteiger partial charge on any atom is 0.190 e. The first-order valence-electron chi connectivity index (χ1n) is 8.83. The van der Waals surface area contributed by atoms with Gasteiger partial charge < -0.3 is 0 Å². The van der Waals surface area contributed by atoms with Crippen LogP contribution in [0, 0.1) is 0 Å². The van der Waals surface area contributed by atoms with Gasteiger partial charge in [0.1, 0.15) is 0 Å². The molecule has 2 atom stereocenters. The smallest absolute Gasteiger partial charge is 0.190 e. The molecule has 0 spiro atoms. The van der Waals surface area contributed by atoms with Crippen LogP contribution < -0.4 is 0 Å². The van der Waals surface area contributed by atoms with E-state index in [0.717, 1.165) is 21.5 Å². The van der Waals surface area contributed by atoms with Crippen LogP contribution in [-0.4, -0.2) is 22.6 Å². The summed E-state index contributed by atoms with van der Waals surface area (Å²) in [6.07, 6.45) is 0. The van der Waals surface area contributed by atoms with Crippen molar-refractivity contribution in [1.29, 1.82) is 0 Å². The summed E-state index contributed by atoms with van der Waals surface area (Å²) >= 11 is 3.66. The molecule has 4 aromatic rings. The van der Waals surface area contributed by atoms with Crippen LogP contribution in [0.25, 0.3) is 32.7 Å². The summed E-state index contributed by atoms with van der Waals surface area (Å²) in [5, 5.41) is 3.65. The van der Waals surface area contributed by atoms with Gasteiger partial charge in [-0.25, -0.2) is 8.42 Å². The fourth-order valence-corrected chi connectivity index (χ4v) is 6.79. The molecule has 0 radical (unpaired) electrons.